The largest absolute Gasteiger partial charge is 0.495 e. The molecule has 0 spiro atoms. The maximum absolute atomic E-state index is 13.3. The zero-order valence-corrected chi connectivity index (χ0v) is 23.9. The van der Waals surface area contributed by atoms with Crippen molar-refractivity contribution >= 4 is 43.5 Å². The molecule has 0 aromatic heterocycles. The van der Waals surface area contributed by atoms with Gasteiger partial charge in [-0.25, -0.2) is 8.42 Å². The zero-order valence-electron chi connectivity index (χ0n) is 21.5. The number of nitrogens with one attached hydrogen (secondary N) is 1. The average Bonchev–Trinajstić information content (AvgIpc) is 2.82. The van der Waals surface area contributed by atoms with E-state index in [0.29, 0.717) is 18.0 Å². The van der Waals surface area contributed by atoms with Gasteiger partial charge in [0.2, 0.25) is 21.8 Å². The number of hydrogen-bond acceptors (Lipinski definition) is 5. The maximum Gasteiger partial charge on any atom is 0.242 e. The van der Waals surface area contributed by atoms with Crippen LogP contribution in [0.3, 0.4) is 0 Å². The summed E-state index contributed by atoms with van der Waals surface area (Å²) >= 11 is 3.45. The van der Waals surface area contributed by atoms with E-state index in [0.717, 1.165) is 16.3 Å². The minimum atomic E-state index is -3.61. The molecule has 1 N–H and O–H groups in total. The van der Waals surface area contributed by atoms with E-state index >= 15 is 0 Å². The van der Waals surface area contributed by atoms with Crippen molar-refractivity contribution < 1.29 is 22.7 Å². The molecule has 0 radical (unpaired) electrons. The summed E-state index contributed by atoms with van der Waals surface area (Å²) in [6.45, 7) is 6.60. The van der Waals surface area contributed by atoms with E-state index in [1.54, 1.807) is 36.1 Å². The Hall–Kier alpha value is -2.59. The molecule has 10 heteroatoms. The minimum absolute atomic E-state index is 0.0803. The SMILES string of the molecule is COc1ccccc1N(CCCC(=O)N(Cc1cccc(Br)c1)[C@@H](C)C(=O)NCC(C)C)S(C)(=O)=O. The lowest BCUT2D eigenvalue weighted by Crippen LogP contribution is -2.48. The molecule has 8 nitrogen and oxygen atoms in total. The van der Waals surface area contributed by atoms with E-state index in [2.05, 4.69) is 21.2 Å². The summed E-state index contributed by atoms with van der Waals surface area (Å²) in [5.41, 5.74) is 1.30. The third-order valence-electron chi connectivity index (χ3n) is 5.60. The van der Waals surface area contributed by atoms with Crippen LogP contribution in [-0.2, 0) is 26.2 Å². The first-order chi connectivity index (χ1) is 16.9. The molecule has 0 aliphatic carbocycles. The number of halogens is 1. The van der Waals surface area contributed by atoms with E-state index in [9.17, 15) is 18.0 Å². The fraction of sp³-hybridized carbons (Fsp3) is 0.462. The van der Waals surface area contributed by atoms with Crippen molar-refractivity contribution in [3.8, 4) is 5.75 Å². The van der Waals surface area contributed by atoms with E-state index in [1.165, 1.54) is 11.4 Å². The summed E-state index contributed by atoms with van der Waals surface area (Å²) in [5, 5.41) is 2.90. The summed E-state index contributed by atoms with van der Waals surface area (Å²) in [4.78, 5) is 27.7. The summed E-state index contributed by atoms with van der Waals surface area (Å²) in [6.07, 6.45) is 1.48. The highest BCUT2D eigenvalue weighted by atomic mass is 79.9. The first-order valence-electron chi connectivity index (χ1n) is 11.9. The standard InChI is InChI=1S/C26H36BrN3O5S/c1-19(2)17-28-26(32)20(3)29(18-21-10-8-11-22(27)16-21)25(31)14-9-15-30(36(5,33)34)23-12-6-7-13-24(23)35-4/h6-8,10-13,16,19-20H,9,14-15,17-18H2,1-5H3,(H,28,32)/t20-/m0/s1. The van der Waals surface area contributed by atoms with Crippen LogP contribution in [0.1, 0.15) is 39.2 Å². The van der Waals surface area contributed by atoms with Crippen molar-refractivity contribution in [3.05, 3.63) is 58.6 Å². The molecule has 2 rings (SSSR count). The van der Waals surface area contributed by atoms with Gasteiger partial charge < -0.3 is 15.0 Å². The highest BCUT2D eigenvalue weighted by molar-refractivity contribution is 9.10. The van der Waals surface area contributed by atoms with E-state index in [4.69, 9.17) is 4.74 Å². The number of sulfonamides is 1. The van der Waals surface area contributed by atoms with Gasteiger partial charge in [0, 0.05) is 30.5 Å². The molecule has 0 aliphatic rings. The van der Waals surface area contributed by atoms with E-state index < -0.39 is 16.1 Å². The number of nitrogens with zero attached hydrogens (tertiary/aromatic N) is 2. The van der Waals surface area contributed by atoms with Crippen LogP contribution in [-0.4, -0.2) is 57.6 Å². The number of para-hydroxylation sites is 2. The van der Waals surface area contributed by atoms with Crippen LogP contribution in [0.4, 0.5) is 5.69 Å². The Balaban J connectivity index is 2.19. The predicted octanol–water partition coefficient (Wildman–Crippen LogP) is 4.19. The lowest BCUT2D eigenvalue weighted by atomic mass is 10.1. The van der Waals surface area contributed by atoms with Gasteiger partial charge >= 0.3 is 0 Å². The van der Waals surface area contributed by atoms with Crippen LogP contribution in [0.2, 0.25) is 0 Å². The first kappa shape index (κ1) is 29.6. The number of amides is 2. The number of carbonyl (C=O) groups excluding carboxylic acids is 2. The van der Waals surface area contributed by atoms with Crippen molar-refractivity contribution in [2.75, 3.05) is 30.8 Å². The minimum Gasteiger partial charge on any atom is -0.495 e. The Kier molecular flexibility index (Phi) is 11.2. The summed E-state index contributed by atoms with van der Waals surface area (Å²) in [7, 11) is -2.13. The second-order valence-corrected chi connectivity index (χ2v) is 11.9. The van der Waals surface area contributed by atoms with Crippen LogP contribution in [0.25, 0.3) is 0 Å². The molecule has 198 valence electrons. The maximum atomic E-state index is 13.3. The second-order valence-electron chi connectivity index (χ2n) is 9.08. The van der Waals surface area contributed by atoms with Crippen LogP contribution in [0, 0.1) is 5.92 Å². The summed E-state index contributed by atoms with van der Waals surface area (Å²) < 4.78 is 32.5. The van der Waals surface area contributed by atoms with Crippen molar-refractivity contribution in [2.45, 2.75) is 46.2 Å². The number of hydrogen-bond donors (Lipinski definition) is 1. The third kappa shape index (κ3) is 8.81. The Labute approximate surface area is 223 Å². The fourth-order valence-electron chi connectivity index (χ4n) is 3.69. The van der Waals surface area contributed by atoms with Crippen LogP contribution < -0.4 is 14.4 Å². The monoisotopic (exact) mass is 581 g/mol. The smallest absolute Gasteiger partial charge is 0.242 e. The molecule has 0 unspecified atom stereocenters. The van der Waals surface area contributed by atoms with E-state index in [-0.39, 0.29) is 43.7 Å². The third-order valence-corrected chi connectivity index (χ3v) is 7.27. The number of methoxy groups -OCH3 is 1. The van der Waals surface area contributed by atoms with Crippen molar-refractivity contribution in [1.29, 1.82) is 0 Å². The van der Waals surface area contributed by atoms with Crippen LogP contribution in [0.5, 0.6) is 5.75 Å². The van der Waals surface area contributed by atoms with Gasteiger partial charge in [0.1, 0.15) is 11.8 Å². The molecule has 2 aromatic carbocycles. The molecular formula is C26H36BrN3O5S. The molecule has 1 atom stereocenters. The number of ether oxygens (including phenoxy) is 1. The van der Waals surface area contributed by atoms with Crippen molar-refractivity contribution in [3.63, 3.8) is 0 Å². The highest BCUT2D eigenvalue weighted by Gasteiger charge is 2.27. The molecule has 2 amide bonds. The fourth-order valence-corrected chi connectivity index (χ4v) is 5.10. The average molecular weight is 583 g/mol. The van der Waals surface area contributed by atoms with Gasteiger partial charge in [-0.1, -0.05) is 54.0 Å². The lowest BCUT2D eigenvalue weighted by Gasteiger charge is -2.30. The van der Waals surface area contributed by atoms with E-state index in [1.807, 2.05) is 38.1 Å². The lowest BCUT2D eigenvalue weighted by molar-refractivity contribution is -0.140. The van der Waals surface area contributed by atoms with Gasteiger partial charge in [-0.3, -0.25) is 13.9 Å². The molecule has 0 aliphatic heterocycles. The topological polar surface area (TPSA) is 96.0 Å². The Morgan fingerprint density at radius 1 is 1.08 bits per heavy atom. The highest BCUT2D eigenvalue weighted by Crippen LogP contribution is 2.29. The first-order valence-corrected chi connectivity index (χ1v) is 14.5. The normalized spacial score (nSPS) is 12.2. The van der Waals surface area contributed by atoms with Crippen LogP contribution in [0.15, 0.2) is 53.0 Å². The number of anilines is 1. The predicted molar refractivity (Wildman–Crippen MR) is 146 cm³/mol. The molecular weight excluding hydrogens is 546 g/mol. The second kappa shape index (κ2) is 13.6. The van der Waals surface area contributed by atoms with Crippen molar-refractivity contribution in [1.82, 2.24) is 10.2 Å². The summed E-state index contributed by atoms with van der Waals surface area (Å²) in [5.74, 6) is 0.266. The van der Waals surface area contributed by atoms with Gasteiger partial charge in [0.25, 0.3) is 0 Å². The van der Waals surface area contributed by atoms with Gasteiger partial charge in [0.15, 0.2) is 0 Å². The molecule has 0 saturated carbocycles. The van der Waals surface area contributed by atoms with Gasteiger partial charge in [-0.15, -0.1) is 0 Å². The quantitative estimate of drug-likeness (QED) is 0.382. The number of benzene rings is 2. The van der Waals surface area contributed by atoms with Crippen LogP contribution >= 0.6 is 15.9 Å². The molecule has 36 heavy (non-hydrogen) atoms. The molecule has 0 saturated heterocycles. The van der Waals surface area contributed by atoms with Gasteiger partial charge in [0.05, 0.1) is 19.1 Å². The van der Waals surface area contributed by atoms with Crippen molar-refractivity contribution in [2.24, 2.45) is 5.92 Å². The molecule has 0 fully saturated rings. The number of carbonyl (C=O) groups is 2. The van der Waals surface area contributed by atoms with Gasteiger partial charge in [-0.05, 0) is 49.1 Å². The molecule has 2 aromatic rings. The van der Waals surface area contributed by atoms with Gasteiger partial charge in [-0.2, -0.15) is 0 Å². The Bertz CT molecular complexity index is 1140. The summed E-state index contributed by atoms with van der Waals surface area (Å²) in [6, 6.07) is 13.8. The number of rotatable bonds is 13. The Morgan fingerprint density at radius 3 is 2.39 bits per heavy atom. The molecule has 0 heterocycles. The zero-order chi connectivity index (χ0) is 26.9. The molecule has 0 bridgehead atoms. The Morgan fingerprint density at radius 2 is 1.78 bits per heavy atom.